The molecule has 0 saturated heterocycles. The van der Waals surface area contributed by atoms with Crippen LogP contribution in [0, 0.1) is 5.92 Å². The maximum Gasteiger partial charge on any atom is 0.222 e. The Balaban J connectivity index is 2.30. The maximum atomic E-state index is 10.9. The second kappa shape index (κ2) is 6.19. The first-order valence-electron chi connectivity index (χ1n) is 5.15. The molecule has 1 amide bonds. The summed E-state index contributed by atoms with van der Waals surface area (Å²) in [5.41, 5.74) is 6.32. The Morgan fingerprint density at radius 1 is 1.40 bits per heavy atom. The summed E-state index contributed by atoms with van der Waals surface area (Å²) in [5, 5.41) is 0. The minimum Gasteiger partial charge on any atom is -0.376 e. The number of hydrogen-bond acceptors (Lipinski definition) is 2. The fourth-order valence-corrected chi connectivity index (χ4v) is 1.29. The molecule has 2 N–H and O–H groups in total. The number of hydrogen-bond donors (Lipinski definition) is 1. The molecule has 0 aliphatic heterocycles. The van der Waals surface area contributed by atoms with E-state index in [0.717, 1.165) is 12.0 Å². The van der Waals surface area contributed by atoms with E-state index in [2.05, 4.69) is 0 Å². The van der Waals surface area contributed by atoms with Gasteiger partial charge in [-0.05, 0) is 12.0 Å². The molecule has 0 radical (unpaired) electrons. The standard InChI is InChI=1S/C12H17NO2/c1-2-11(12(13)14)9-15-8-10-6-4-3-5-7-10/h3-7,11H,2,8-9H2,1H3,(H2,13,14)/t11-/m0/s1. The largest absolute Gasteiger partial charge is 0.376 e. The highest BCUT2D eigenvalue weighted by Gasteiger charge is 2.12. The number of carbonyl (C=O) groups is 1. The van der Waals surface area contributed by atoms with Gasteiger partial charge >= 0.3 is 0 Å². The highest BCUT2D eigenvalue weighted by Crippen LogP contribution is 2.05. The zero-order chi connectivity index (χ0) is 11.1. The van der Waals surface area contributed by atoms with Gasteiger partial charge in [-0.1, -0.05) is 37.3 Å². The predicted octanol–water partition coefficient (Wildman–Crippen LogP) is 1.71. The number of benzene rings is 1. The zero-order valence-corrected chi connectivity index (χ0v) is 8.98. The summed E-state index contributed by atoms with van der Waals surface area (Å²) in [6.45, 7) is 2.87. The van der Waals surface area contributed by atoms with Crippen molar-refractivity contribution in [2.75, 3.05) is 6.61 Å². The summed E-state index contributed by atoms with van der Waals surface area (Å²) in [6, 6.07) is 9.87. The molecule has 0 fully saturated rings. The molecule has 0 aromatic heterocycles. The van der Waals surface area contributed by atoms with Crippen LogP contribution in [0.1, 0.15) is 18.9 Å². The fourth-order valence-electron chi connectivity index (χ4n) is 1.29. The Hall–Kier alpha value is -1.35. The third kappa shape index (κ3) is 4.13. The van der Waals surface area contributed by atoms with Crippen LogP contribution in [-0.4, -0.2) is 12.5 Å². The van der Waals surface area contributed by atoms with Gasteiger partial charge in [0.25, 0.3) is 0 Å². The zero-order valence-electron chi connectivity index (χ0n) is 8.98. The van der Waals surface area contributed by atoms with Crippen molar-refractivity contribution in [2.24, 2.45) is 11.7 Å². The third-order valence-electron chi connectivity index (χ3n) is 2.33. The lowest BCUT2D eigenvalue weighted by Crippen LogP contribution is -2.26. The van der Waals surface area contributed by atoms with Crippen molar-refractivity contribution in [1.82, 2.24) is 0 Å². The van der Waals surface area contributed by atoms with Crippen LogP contribution in [0.5, 0.6) is 0 Å². The van der Waals surface area contributed by atoms with E-state index >= 15 is 0 Å². The van der Waals surface area contributed by atoms with Crippen molar-refractivity contribution >= 4 is 5.91 Å². The monoisotopic (exact) mass is 207 g/mol. The van der Waals surface area contributed by atoms with Gasteiger partial charge in [0.05, 0.1) is 19.1 Å². The minimum absolute atomic E-state index is 0.172. The predicted molar refractivity (Wildman–Crippen MR) is 59.1 cm³/mol. The smallest absolute Gasteiger partial charge is 0.222 e. The van der Waals surface area contributed by atoms with Crippen LogP contribution in [0.15, 0.2) is 30.3 Å². The molecule has 1 atom stereocenters. The normalized spacial score (nSPS) is 12.3. The van der Waals surface area contributed by atoms with Crippen molar-refractivity contribution in [2.45, 2.75) is 20.0 Å². The van der Waals surface area contributed by atoms with Crippen LogP contribution in [-0.2, 0) is 16.1 Å². The topological polar surface area (TPSA) is 52.3 Å². The molecule has 1 aromatic carbocycles. The molecular weight excluding hydrogens is 190 g/mol. The van der Waals surface area contributed by atoms with Crippen LogP contribution in [0.4, 0.5) is 0 Å². The average molecular weight is 207 g/mol. The lowest BCUT2D eigenvalue weighted by atomic mass is 10.1. The van der Waals surface area contributed by atoms with E-state index in [1.165, 1.54) is 0 Å². The first kappa shape index (κ1) is 11.7. The van der Waals surface area contributed by atoms with E-state index in [1.807, 2.05) is 37.3 Å². The van der Waals surface area contributed by atoms with Gasteiger partial charge in [0.15, 0.2) is 0 Å². The molecule has 0 aliphatic rings. The molecule has 82 valence electrons. The molecule has 0 spiro atoms. The molecule has 0 aliphatic carbocycles. The Kier molecular flexibility index (Phi) is 4.84. The number of carbonyl (C=O) groups excluding carboxylic acids is 1. The molecule has 0 heterocycles. The second-order valence-corrected chi connectivity index (χ2v) is 3.51. The maximum absolute atomic E-state index is 10.9. The Morgan fingerprint density at radius 2 is 2.07 bits per heavy atom. The van der Waals surface area contributed by atoms with E-state index in [-0.39, 0.29) is 11.8 Å². The summed E-state index contributed by atoms with van der Waals surface area (Å²) >= 11 is 0. The highest BCUT2D eigenvalue weighted by molar-refractivity contribution is 5.76. The average Bonchev–Trinajstić information content (AvgIpc) is 2.25. The third-order valence-corrected chi connectivity index (χ3v) is 2.33. The number of nitrogens with two attached hydrogens (primary N) is 1. The van der Waals surface area contributed by atoms with E-state index in [9.17, 15) is 4.79 Å². The number of primary amides is 1. The van der Waals surface area contributed by atoms with Crippen LogP contribution < -0.4 is 5.73 Å². The second-order valence-electron chi connectivity index (χ2n) is 3.51. The molecule has 0 unspecified atom stereocenters. The lowest BCUT2D eigenvalue weighted by molar-refractivity contribution is -0.124. The van der Waals surface area contributed by atoms with Gasteiger partial charge in [-0.15, -0.1) is 0 Å². The SMILES string of the molecule is CC[C@@H](COCc1ccccc1)C(N)=O. The van der Waals surface area contributed by atoms with Crippen molar-refractivity contribution in [3.8, 4) is 0 Å². The van der Waals surface area contributed by atoms with Gasteiger partial charge in [0.1, 0.15) is 0 Å². The molecule has 0 saturated carbocycles. The van der Waals surface area contributed by atoms with Crippen molar-refractivity contribution in [3.63, 3.8) is 0 Å². The van der Waals surface area contributed by atoms with Gasteiger partial charge in [-0.2, -0.15) is 0 Å². The summed E-state index contributed by atoms with van der Waals surface area (Å²) in [5.74, 6) is -0.459. The van der Waals surface area contributed by atoms with Gasteiger partial charge in [-0.3, -0.25) is 4.79 Å². The van der Waals surface area contributed by atoms with Crippen molar-refractivity contribution < 1.29 is 9.53 Å². The van der Waals surface area contributed by atoms with Gasteiger partial charge in [0.2, 0.25) is 5.91 Å². The first-order chi connectivity index (χ1) is 7.24. The number of amides is 1. The Labute approximate surface area is 90.2 Å². The number of ether oxygens (including phenoxy) is 1. The van der Waals surface area contributed by atoms with E-state index in [4.69, 9.17) is 10.5 Å². The molecule has 1 aromatic rings. The van der Waals surface area contributed by atoms with E-state index < -0.39 is 0 Å². The Morgan fingerprint density at radius 3 is 2.60 bits per heavy atom. The molecule has 15 heavy (non-hydrogen) atoms. The van der Waals surface area contributed by atoms with Crippen LogP contribution >= 0.6 is 0 Å². The summed E-state index contributed by atoms with van der Waals surface area (Å²) in [4.78, 5) is 10.9. The lowest BCUT2D eigenvalue weighted by Gasteiger charge is -2.11. The summed E-state index contributed by atoms with van der Waals surface area (Å²) in [7, 11) is 0. The van der Waals surface area contributed by atoms with Gasteiger partial charge in [0, 0.05) is 0 Å². The molecule has 3 nitrogen and oxygen atoms in total. The number of rotatable bonds is 6. The molecule has 3 heteroatoms. The first-order valence-corrected chi connectivity index (χ1v) is 5.15. The van der Waals surface area contributed by atoms with Crippen LogP contribution in [0.25, 0.3) is 0 Å². The van der Waals surface area contributed by atoms with Crippen molar-refractivity contribution in [3.05, 3.63) is 35.9 Å². The minimum atomic E-state index is -0.287. The summed E-state index contributed by atoms with van der Waals surface area (Å²) < 4.78 is 5.43. The van der Waals surface area contributed by atoms with Crippen LogP contribution in [0.2, 0.25) is 0 Å². The summed E-state index contributed by atoms with van der Waals surface area (Å²) in [6.07, 6.45) is 0.726. The quantitative estimate of drug-likeness (QED) is 0.772. The van der Waals surface area contributed by atoms with Gasteiger partial charge < -0.3 is 10.5 Å². The van der Waals surface area contributed by atoms with Gasteiger partial charge in [-0.25, -0.2) is 0 Å². The van der Waals surface area contributed by atoms with Crippen LogP contribution in [0.3, 0.4) is 0 Å². The Bertz CT molecular complexity index is 298. The highest BCUT2D eigenvalue weighted by atomic mass is 16.5. The fraction of sp³-hybridized carbons (Fsp3) is 0.417. The van der Waals surface area contributed by atoms with E-state index in [1.54, 1.807) is 0 Å². The molecule has 1 rings (SSSR count). The van der Waals surface area contributed by atoms with E-state index in [0.29, 0.717) is 13.2 Å². The molecular formula is C12H17NO2. The van der Waals surface area contributed by atoms with Crippen molar-refractivity contribution in [1.29, 1.82) is 0 Å². The molecule has 0 bridgehead atoms.